The van der Waals surface area contributed by atoms with Crippen molar-refractivity contribution < 1.29 is 17.9 Å². The van der Waals surface area contributed by atoms with Crippen molar-refractivity contribution in [2.24, 2.45) is 0 Å². The van der Waals surface area contributed by atoms with Gasteiger partial charge >= 0.3 is 0 Å². The fraction of sp³-hybridized carbons (Fsp3) is 0.312. The summed E-state index contributed by atoms with van der Waals surface area (Å²) in [5.41, 5.74) is 1.03. The van der Waals surface area contributed by atoms with Crippen LogP contribution in [0.4, 0.5) is 0 Å². The van der Waals surface area contributed by atoms with Crippen LogP contribution in [0.25, 0.3) is 0 Å². The van der Waals surface area contributed by atoms with E-state index in [0.29, 0.717) is 24.5 Å². The largest absolute Gasteiger partial charge is 0.497 e. The van der Waals surface area contributed by atoms with Crippen LogP contribution in [0.5, 0.6) is 11.5 Å². The Bertz CT molecular complexity index is 748. The molecule has 1 aromatic heterocycles. The van der Waals surface area contributed by atoms with Gasteiger partial charge in [0.1, 0.15) is 16.4 Å². The van der Waals surface area contributed by atoms with E-state index in [1.165, 1.54) is 24.6 Å². The first-order chi connectivity index (χ1) is 11.0. The molecule has 6 nitrogen and oxygen atoms in total. The summed E-state index contributed by atoms with van der Waals surface area (Å²) in [6, 6.07) is 8.45. The predicted octanol–water partition coefficient (Wildman–Crippen LogP) is 1.96. The molecular formula is C16H20N2O4S. The number of ether oxygens (including phenoxy) is 2. The number of aromatic nitrogens is 1. The molecule has 2 aromatic rings. The zero-order valence-electron chi connectivity index (χ0n) is 13.4. The smallest absolute Gasteiger partial charge is 0.246 e. The molecule has 0 radical (unpaired) electrons. The van der Waals surface area contributed by atoms with Crippen molar-refractivity contribution in [3.63, 3.8) is 0 Å². The molecule has 0 amide bonds. The zero-order valence-corrected chi connectivity index (χ0v) is 14.2. The van der Waals surface area contributed by atoms with E-state index < -0.39 is 10.0 Å². The lowest BCUT2D eigenvalue weighted by Crippen LogP contribution is -2.29. The number of nitrogens with zero attached hydrogens (tertiary/aromatic N) is 2. The Kier molecular flexibility index (Phi) is 5.57. The van der Waals surface area contributed by atoms with Gasteiger partial charge in [0, 0.05) is 32.1 Å². The molecular weight excluding hydrogens is 316 g/mol. The van der Waals surface area contributed by atoms with Crippen molar-refractivity contribution in [3.05, 3.63) is 48.3 Å². The lowest BCUT2D eigenvalue weighted by Gasteiger charge is -2.19. The van der Waals surface area contributed by atoms with Gasteiger partial charge in [0.2, 0.25) is 10.0 Å². The van der Waals surface area contributed by atoms with Crippen LogP contribution in [0.15, 0.2) is 47.6 Å². The van der Waals surface area contributed by atoms with Gasteiger partial charge < -0.3 is 9.47 Å². The number of sulfonamides is 1. The third-order valence-electron chi connectivity index (χ3n) is 3.52. The molecule has 0 spiro atoms. The van der Waals surface area contributed by atoms with Gasteiger partial charge in [-0.1, -0.05) is 0 Å². The molecule has 2 rings (SSSR count). The maximum atomic E-state index is 12.8. The Morgan fingerprint density at radius 1 is 1.09 bits per heavy atom. The SMILES string of the molecule is COc1ccc(OC)c(S(=O)(=O)N(C)CCc2ccncc2)c1. The molecule has 0 fully saturated rings. The second-order valence-corrected chi connectivity index (χ2v) is 6.96. The molecule has 0 unspecified atom stereocenters. The highest BCUT2D eigenvalue weighted by atomic mass is 32.2. The van der Waals surface area contributed by atoms with Crippen molar-refractivity contribution in [1.29, 1.82) is 0 Å². The number of likely N-dealkylation sites (N-methyl/N-ethyl adjacent to an activating group) is 1. The molecule has 0 N–H and O–H groups in total. The number of hydrogen-bond donors (Lipinski definition) is 0. The fourth-order valence-electron chi connectivity index (χ4n) is 2.11. The summed E-state index contributed by atoms with van der Waals surface area (Å²) in [5.74, 6) is 0.758. The fourth-order valence-corrected chi connectivity index (χ4v) is 3.45. The van der Waals surface area contributed by atoms with Crippen molar-refractivity contribution in [2.75, 3.05) is 27.8 Å². The quantitative estimate of drug-likeness (QED) is 0.773. The first-order valence-corrected chi connectivity index (χ1v) is 8.50. The number of benzene rings is 1. The van der Waals surface area contributed by atoms with Crippen LogP contribution in [0.2, 0.25) is 0 Å². The topological polar surface area (TPSA) is 68.7 Å². The molecule has 0 aliphatic carbocycles. The van der Waals surface area contributed by atoms with Gasteiger partial charge in [-0.3, -0.25) is 4.98 Å². The minimum atomic E-state index is -3.67. The van der Waals surface area contributed by atoms with Gasteiger partial charge in [0.05, 0.1) is 14.2 Å². The Hall–Kier alpha value is -2.12. The van der Waals surface area contributed by atoms with Gasteiger partial charge in [-0.25, -0.2) is 12.7 Å². The van der Waals surface area contributed by atoms with Crippen LogP contribution in [-0.4, -0.2) is 45.5 Å². The van der Waals surface area contributed by atoms with Crippen LogP contribution in [-0.2, 0) is 16.4 Å². The molecule has 7 heteroatoms. The number of hydrogen-bond acceptors (Lipinski definition) is 5. The van der Waals surface area contributed by atoms with Crippen molar-refractivity contribution in [3.8, 4) is 11.5 Å². The van der Waals surface area contributed by atoms with E-state index in [1.807, 2.05) is 12.1 Å². The molecule has 124 valence electrons. The second kappa shape index (κ2) is 7.43. The molecule has 0 bridgehead atoms. The first kappa shape index (κ1) is 17.2. The van der Waals surface area contributed by atoms with E-state index >= 15 is 0 Å². The van der Waals surface area contributed by atoms with Crippen molar-refractivity contribution >= 4 is 10.0 Å². The zero-order chi connectivity index (χ0) is 16.9. The molecule has 0 aliphatic rings. The van der Waals surface area contributed by atoms with Gasteiger partial charge in [-0.15, -0.1) is 0 Å². The Labute approximate surface area is 136 Å². The summed E-state index contributed by atoms with van der Waals surface area (Å²) >= 11 is 0. The van der Waals surface area contributed by atoms with Crippen LogP contribution in [0.3, 0.4) is 0 Å². The van der Waals surface area contributed by atoms with Crippen LogP contribution < -0.4 is 9.47 Å². The molecule has 0 atom stereocenters. The summed E-state index contributed by atoms with van der Waals surface area (Å²) in [5, 5.41) is 0. The molecule has 23 heavy (non-hydrogen) atoms. The highest BCUT2D eigenvalue weighted by Crippen LogP contribution is 2.30. The van der Waals surface area contributed by atoms with Crippen molar-refractivity contribution in [2.45, 2.75) is 11.3 Å². The van der Waals surface area contributed by atoms with Gasteiger partial charge in [-0.05, 0) is 36.2 Å². The lowest BCUT2D eigenvalue weighted by molar-refractivity contribution is 0.388. The van der Waals surface area contributed by atoms with Gasteiger partial charge in [0.25, 0.3) is 0 Å². The lowest BCUT2D eigenvalue weighted by atomic mass is 10.2. The van der Waals surface area contributed by atoms with Crippen LogP contribution in [0, 0.1) is 0 Å². The van der Waals surface area contributed by atoms with Crippen LogP contribution >= 0.6 is 0 Å². The van der Waals surface area contributed by atoms with E-state index in [9.17, 15) is 8.42 Å². The monoisotopic (exact) mass is 336 g/mol. The van der Waals surface area contributed by atoms with Crippen molar-refractivity contribution in [1.82, 2.24) is 9.29 Å². The maximum Gasteiger partial charge on any atom is 0.246 e. The number of methoxy groups -OCH3 is 2. The molecule has 0 saturated heterocycles. The summed E-state index contributed by atoms with van der Waals surface area (Å²) in [6.07, 6.45) is 3.98. The van der Waals surface area contributed by atoms with E-state index in [4.69, 9.17) is 9.47 Å². The average molecular weight is 336 g/mol. The summed E-state index contributed by atoms with van der Waals surface area (Å²) < 4.78 is 37.2. The predicted molar refractivity (Wildman–Crippen MR) is 87.3 cm³/mol. The third kappa shape index (κ3) is 4.00. The van der Waals surface area contributed by atoms with Crippen LogP contribution in [0.1, 0.15) is 5.56 Å². The van der Waals surface area contributed by atoms with E-state index in [-0.39, 0.29) is 4.90 Å². The highest BCUT2D eigenvalue weighted by Gasteiger charge is 2.25. The number of pyridine rings is 1. The third-order valence-corrected chi connectivity index (χ3v) is 5.40. The molecule has 1 heterocycles. The highest BCUT2D eigenvalue weighted by molar-refractivity contribution is 7.89. The molecule has 0 aliphatic heterocycles. The summed E-state index contributed by atoms with van der Waals surface area (Å²) in [7, 11) is 0.813. The van der Waals surface area contributed by atoms with E-state index in [0.717, 1.165) is 5.56 Å². The average Bonchev–Trinajstić information content (AvgIpc) is 2.59. The maximum absolute atomic E-state index is 12.8. The van der Waals surface area contributed by atoms with Gasteiger partial charge in [0.15, 0.2) is 0 Å². The minimum absolute atomic E-state index is 0.0941. The van der Waals surface area contributed by atoms with Gasteiger partial charge in [-0.2, -0.15) is 0 Å². The normalized spacial score (nSPS) is 11.5. The summed E-state index contributed by atoms with van der Waals surface area (Å²) in [6.45, 7) is 0.354. The number of rotatable bonds is 7. The standard InChI is InChI=1S/C16H20N2O4S/c1-18(11-8-13-6-9-17-10-7-13)23(19,20)16-12-14(21-2)4-5-15(16)22-3/h4-7,9-10,12H,8,11H2,1-3H3. The first-order valence-electron chi connectivity index (χ1n) is 7.06. The van der Waals surface area contributed by atoms with E-state index in [1.54, 1.807) is 31.6 Å². The second-order valence-electron chi connectivity index (χ2n) is 4.95. The molecule has 0 saturated carbocycles. The minimum Gasteiger partial charge on any atom is -0.497 e. The Balaban J connectivity index is 2.23. The summed E-state index contributed by atoms with van der Waals surface area (Å²) in [4.78, 5) is 4.04. The Morgan fingerprint density at radius 2 is 1.78 bits per heavy atom. The Morgan fingerprint density at radius 3 is 2.39 bits per heavy atom. The molecule has 1 aromatic carbocycles. The van der Waals surface area contributed by atoms with E-state index in [2.05, 4.69) is 4.98 Å².